The van der Waals surface area contributed by atoms with Gasteiger partial charge in [-0.15, -0.1) is 0 Å². The van der Waals surface area contributed by atoms with Gasteiger partial charge in [-0.05, 0) is 36.8 Å². The van der Waals surface area contributed by atoms with Crippen molar-refractivity contribution in [1.82, 2.24) is 4.98 Å². The molecule has 0 spiro atoms. The molecule has 0 saturated carbocycles. The molecule has 0 amide bonds. The van der Waals surface area contributed by atoms with Crippen molar-refractivity contribution in [3.8, 4) is 11.3 Å². The molecule has 86 valence electrons. The Balaban J connectivity index is 2.71. The van der Waals surface area contributed by atoms with Crippen molar-refractivity contribution in [2.24, 2.45) is 0 Å². The second kappa shape index (κ2) is 4.45. The van der Waals surface area contributed by atoms with Gasteiger partial charge in [-0.2, -0.15) is 0 Å². The lowest BCUT2D eigenvalue weighted by Crippen LogP contribution is -1.96. The summed E-state index contributed by atoms with van der Waals surface area (Å²) >= 11 is 0. The zero-order valence-corrected chi connectivity index (χ0v) is 9.37. The molecule has 0 unspecified atom stereocenters. The molecule has 1 aromatic carbocycles. The molecule has 0 aliphatic heterocycles. The van der Waals surface area contributed by atoms with Gasteiger partial charge in [0.15, 0.2) is 0 Å². The van der Waals surface area contributed by atoms with Crippen LogP contribution in [0.1, 0.15) is 11.3 Å². The van der Waals surface area contributed by atoms with Crippen molar-refractivity contribution in [3.63, 3.8) is 0 Å². The first kappa shape index (κ1) is 11.5. The van der Waals surface area contributed by atoms with Crippen molar-refractivity contribution >= 4 is 6.08 Å². The van der Waals surface area contributed by atoms with Gasteiger partial charge in [0.2, 0.25) is 0 Å². The summed E-state index contributed by atoms with van der Waals surface area (Å²) in [6.07, 6.45) is 1.50. The predicted molar refractivity (Wildman–Crippen MR) is 64.4 cm³/mol. The van der Waals surface area contributed by atoms with E-state index >= 15 is 0 Å². The lowest BCUT2D eigenvalue weighted by Gasteiger charge is -2.08. The average Bonchev–Trinajstić information content (AvgIpc) is 2.31. The summed E-state index contributed by atoms with van der Waals surface area (Å²) in [5, 5.41) is 0. The Morgan fingerprint density at radius 1 is 1.12 bits per heavy atom. The minimum absolute atomic E-state index is 0.0259. The fourth-order valence-corrected chi connectivity index (χ4v) is 1.68. The highest BCUT2D eigenvalue weighted by Gasteiger charge is 2.14. The maximum Gasteiger partial charge on any atom is 0.149 e. The zero-order chi connectivity index (χ0) is 12.4. The predicted octanol–water partition coefficient (Wildman–Crippen LogP) is 3.98. The molecule has 1 heterocycles. The van der Waals surface area contributed by atoms with Crippen LogP contribution in [0.2, 0.25) is 0 Å². The molecule has 2 aromatic rings. The van der Waals surface area contributed by atoms with E-state index in [1.807, 2.05) is 0 Å². The van der Waals surface area contributed by atoms with E-state index in [2.05, 4.69) is 11.6 Å². The Hall–Kier alpha value is -2.03. The second-order valence-corrected chi connectivity index (χ2v) is 3.70. The minimum atomic E-state index is -0.538. The Morgan fingerprint density at radius 2 is 1.88 bits per heavy atom. The van der Waals surface area contributed by atoms with Gasteiger partial charge in [0, 0.05) is 5.56 Å². The maximum absolute atomic E-state index is 13.7. The normalized spacial score (nSPS) is 10.3. The zero-order valence-electron chi connectivity index (χ0n) is 9.37. The van der Waals surface area contributed by atoms with Gasteiger partial charge in [0.05, 0.1) is 5.69 Å². The van der Waals surface area contributed by atoms with E-state index in [0.717, 1.165) is 0 Å². The number of aryl methyl sites for hydroxylation is 1. The van der Waals surface area contributed by atoms with E-state index in [1.165, 1.54) is 24.3 Å². The van der Waals surface area contributed by atoms with E-state index in [-0.39, 0.29) is 11.3 Å². The van der Waals surface area contributed by atoms with E-state index in [4.69, 9.17) is 0 Å². The molecule has 0 saturated heterocycles. The highest BCUT2D eigenvalue weighted by atomic mass is 19.1. The van der Waals surface area contributed by atoms with Crippen LogP contribution in [0.25, 0.3) is 17.3 Å². The molecule has 0 bridgehead atoms. The summed E-state index contributed by atoms with van der Waals surface area (Å²) in [6.45, 7) is 5.28. The molecule has 1 aromatic heterocycles. The largest absolute Gasteiger partial charge is 0.245 e. The molecular formula is C14H11F2N. The Labute approximate surface area is 98.4 Å². The SMILES string of the molecule is C=Cc1ccc(F)c(-c2c(C)cccc2F)n1. The maximum atomic E-state index is 13.7. The van der Waals surface area contributed by atoms with Crippen molar-refractivity contribution in [1.29, 1.82) is 0 Å². The summed E-state index contributed by atoms with van der Waals surface area (Å²) in [4.78, 5) is 4.05. The van der Waals surface area contributed by atoms with Gasteiger partial charge >= 0.3 is 0 Å². The number of benzene rings is 1. The third-order valence-corrected chi connectivity index (χ3v) is 2.54. The molecular weight excluding hydrogens is 220 g/mol. The fourth-order valence-electron chi connectivity index (χ4n) is 1.68. The number of halogens is 2. The molecule has 0 fully saturated rings. The van der Waals surface area contributed by atoms with Crippen LogP contribution in [0.3, 0.4) is 0 Å². The summed E-state index contributed by atoms with van der Waals surface area (Å²) < 4.78 is 27.4. The van der Waals surface area contributed by atoms with E-state index < -0.39 is 11.6 Å². The topological polar surface area (TPSA) is 12.9 Å². The second-order valence-electron chi connectivity index (χ2n) is 3.70. The standard InChI is InChI=1S/C14H11F2N/c1-3-10-7-8-12(16)14(17-10)13-9(2)5-4-6-11(13)15/h3-8H,1H2,2H3. The Morgan fingerprint density at radius 3 is 2.53 bits per heavy atom. The van der Waals surface area contributed by atoms with Crippen molar-refractivity contribution in [2.75, 3.05) is 0 Å². The summed E-state index contributed by atoms with van der Waals surface area (Å²) in [6, 6.07) is 7.38. The van der Waals surface area contributed by atoms with Crippen LogP contribution in [0.4, 0.5) is 8.78 Å². The molecule has 0 aliphatic rings. The number of hydrogen-bond acceptors (Lipinski definition) is 1. The van der Waals surface area contributed by atoms with E-state index in [9.17, 15) is 8.78 Å². The van der Waals surface area contributed by atoms with Crippen LogP contribution >= 0.6 is 0 Å². The van der Waals surface area contributed by atoms with Gasteiger partial charge in [0.25, 0.3) is 0 Å². The fraction of sp³-hybridized carbons (Fsp3) is 0.0714. The number of aromatic nitrogens is 1. The van der Waals surface area contributed by atoms with Gasteiger partial charge < -0.3 is 0 Å². The third kappa shape index (κ3) is 2.09. The first-order chi connectivity index (χ1) is 8.13. The van der Waals surface area contributed by atoms with Crippen LogP contribution in [0.15, 0.2) is 36.9 Å². The Bertz CT molecular complexity index is 556. The van der Waals surface area contributed by atoms with Gasteiger partial charge in [-0.25, -0.2) is 13.8 Å². The Kier molecular flexibility index (Phi) is 3.00. The average molecular weight is 231 g/mol. The lowest BCUT2D eigenvalue weighted by atomic mass is 10.0. The van der Waals surface area contributed by atoms with Gasteiger partial charge in [-0.1, -0.05) is 18.7 Å². The molecule has 17 heavy (non-hydrogen) atoms. The van der Waals surface area contributed by atoms with Crippen LogP contribution < -0.4 is 0 Å². The number of rotatable bonds is 2. The number of nitrogens with zero attached hydrogens (tertiary/aromatic N) is 1. The van der Waals surface area contributed by atoms with Crippen LogP contribution in [0, 0.1) is 18.6 Å². The smallest absolute Gasteiger partial charge is 0.149 e. The quantitative estimate of drug-likeness (QED) is 0.761. The number of pyridine rings is 1. The molecule has 3 heteroatoms. The van der Waals surface area contributed by atoms with E-state index in [0.29, 0.717) is 11.3 Å². The van der Waals surface area contributed by atoms with Crippen molar-refractivity contribution < 1.29 is 8.78 Å². The first-order valence-electron chi connectivity index (χ1n) is 5.18. The van der Waals surface area contributed by atoms with Crippen LogP contribution in [0.5, 0.6) is 0 Å². The first-order valence-corrected chi connectivity index (χ1v) is 5.18. The highest BCUT2D eigenvalue weighted by Crippen LogP contribution is 2.27. The molecule has 0 atom stereocenters. The minimum Gasteiger partial charge on any atom is -0.245 e. The van der Waals surface area contributed by atoms with E-state index in [1.54, 1.807) is 19.1 Å². The van der Waals surface area contributed by atoms with Crippen molar-refractivity contribution in [2.45, 2.75) is 6.92 Å². The molecule has 0 N–H and O–H groups in total. The van der Waals surface area contributed by atoms with Gasteiger partial charge in [-0.3, -0.25) is 0 Å². The molecule has 0 aliphatic carbocycles. The summed E-state index contributed by atoms with van der Waals surface area (Å²) in [5.74, 6) is -1.01. The molecule has 2 rings (SSSR count). The lowest BCUT2D eigenvalue weighted by molar-refractivity contribution is 0.610. The van der Waals surface area contributed by atoms with Crippen molar-refractivity contribution in [3.05, 3.63) is 59.8 Å². The molecule has 1 nitrogen and oxygen atoms in total. The summed E-state index contributed by atoms with van der Waals surface area (Å²) in [5.41, 5.74) is 1.40. The monoisotopic (exact) mass is 231 g/mol. The summed E-state index contributed by atoms with van der Waals surface area (Å²) in [7, 11) is 0. The highest BCUT2D eigenvalue weighted by molar-refractivity contribution is 5.66. The van der Waals surface area contributed by atoms with Crippen LogP contribution in [-0.2, 0) is 0 Å². The molecule has 0 radical (unpaired) electrons. The third-order valence-electron chi connectivity index (χ3n) is 2.54. The van der Waals surface area contributed by atoms with Crippen LogP contribution in [-0.4, -0.2) is 4.98 Å². The van der Waals surface area contributed by atoms with Gasteiger partial charge in [0.1, 0.15) is 17.3 Å². The number of hydrogen-bond donors (Lipinski definition) is 0.